The molecule has 2 unspecified atom stereocenters. The molecule has 3 aromatic rings. The maximum Gasteiger partial charge on any atom is 0.408 e. The highest BCUT2D eigenvalue weighted by atomic mass is 32.1. The first-order valence-electron chi connectivity index (χ1n) is 11.9. The van der Waals surface area contributed by atoms with E-state index < -0.39 is 35.6 Å². The molecule has 38 heavy (non-hydrogen) atoms. The number of benzene rings is 3. The summed E-state index contributed by atoms with van der Waals surface area (Å²) in [6.07, 6.45) is 4.92. The summed E-state index contributed by atoms with van der Waals surface area (Å²) in [6.45, 7) is 6.72. The molecule has 198 valence electrons. The Hall–Kier alpha value is -4.16. The van der Waals surface area contributed by atoms with Crippen molar-refractivity contribution in [2.24, 2.45) is 0 Å². The molecule has 0 saturated heterocycles. The largest absolute Gasteiger partial charge is 0.507 e. The standard InChI is InChI=1S/C29H31N3O5S/c1-6-32(27(35)23(17-38)31-28(36)37-29(3,4)5)24(22-13-9-10-18(2)25(22)33)26(34)30-21-15-14-19-11-7-8-12-20(19)16-21/h1,7-16,23-24,33,38H,17H2,2-5H3,(H,30,34)(H,31,36). The minimum atomic E-state index is -1.42. The quantitative estimate of drug-likeness (QED) is 0.199. The Morgan fingerprint density at radius 3 is 2.39 bits per heavy atom. The smallest absolute Gasteiger partial charge is 0.408 e. The van der Waals surface area contributed by atoms with Gasteiger partial charge < -0.3 is 20.5 Å². The normalized spacial score (nSPS) is 12.6. The van der Waals surface area contributed by atoms with Gasteiger partial charge in [-0.1, -0.05) is 55.0 Å². The van der Waals surface area contributed by atoms with E-state index in [-0.39, 0.29) is 17.1 Å². The highest BCUT2D eigenvalue weighted by molar-refractivity contribution is 7.80. The lowest BCUT2D eigenvalue weighted by molar-refractivity contribution is -0.136. The third-order valence-electron chi connectivity index (χ3n) is 5.64. The summed E-state index contributed by atoms with van der Waals surface area (Å²) in [4.78, 5) is 40.5. The predicted molar refractivity (Wildman–Crippen MR) is 151 cm³/mol. The number of nitrogens with one attached hydrogen (secondary N) is 2. The van der Waals surface area contributed by atoms with Crippen LogP contribution in [0.5, 0.6) is 5.75 Å². The number of fused-ring (bicyclic) bond motifs is 1. The van der Waals surface area contributed by atoms with Crippen LogP contribution in [-0.4, -0.2) is 45.3 Å². The molecule has 0 aliphatic heterocycles. The van der Waals surface area contributed by atoms with Crippen LogP contribution in [0.3, 0.4) is 0 Å². The molecule has 2 atom stereocenters. The van der Waals surface area contributed by atoms with Crippen LogP contribution in [-0.2, 0) is 14.3 Å². The average Bonchev–Trinajstić information content (AvgIpc) is 2.86. The molecular weight excluding hydrogens is 502 g/mol. The van der Waals surface area contributed by atoms with E-state index in [4.69, 9.17) is 11.2 Å². The maximum atomic E-state index is 13.7. The van der Waals surface area contributed by atoms with Crippen LogP contribution in [0.25, 0.3) is 10.8 Å². The highest BCUT2D eigenvalue weighted by Gasteiger charge is 2.37. The van der Waals surface area contributed by atoms with E-state index in [0.717, 1.165) is 15.7 Å². The number of nitrogens with zero attached hydrogens (tertiary/aromatic N) is 1. The molecule has 3 aromatic carbocycles. The average molecular weight is 534 g/mol. The fourth-order valence-electron chi connectivity index (χ4n) is 3.85. The molecule has 0 aliphatic rings. The Morgan fingerprint density at radius 2 is 1.76 bits per heavy atom. The number of terminal acetylenes is 1. The van der Waals surface area contributed by atoms with Gasteiger partial charge in [0.2, 0.25) is 0 Å². The first kappa shape index (κ1) is 28.4. The third kappa shape index (κ3) is 6.78. The van der Waals surface area contributed by atoms with Crippen molar-refractivity contribution in [3.8, 4) is 18.2 Å². The van der Waals surface area contributed by atoms with Crippen LogP contribution in [0, 0.1) is 19.4 Å². The van der Waals surface area contributed by atoms with Crippen molar-refractivity contribution in [1.29, 1.82) is 0 Å². The number of carbonyl (C=O) groups is 3. The second kappa shape index (κ2) is 11.9. The molecular formula is C29H31N3O5S. The van der Waals surface area contributed by atoms with Crippen molar-refractivity contribution >= 4 is 47.0 Å². The molecule has 0 aliphatic carbocycles. The Bertz CT molecular complexity index is 1390. The zero-order valence-electron chi connectivity index (χ0n) is 21.7. The first-order chi connectivity index (χ1) is 17.9. The summed E-state index contributed by atoms with van der Waals surface area (Å²) in [5.41, 5.74) is 0.307. The summed E-state index contributed by atoms with van der Waals surface area (Å²) in [5, 5.41) is 18.0. The molecule has 9 heteroatoms. The molecule has 3 rings (SSSR count). The summed E-state index contributed by atoms with van der Waals surface area (Å²) >= 11 is 4.20. The van der Waals surface area contributed by atoms with Crippen LogP contribution in [0.1, 0.15) is 37.9 Å². The van der Waals surface area contributed by atoms with Gasteiger partial charge >= 0.3 is 6.09 Å². The van der Waals surface area contributed by atoms with E-state index >= 15 is 0 Å². The van der Waals surface area contributed by atoms with Crippen molar-refractivity contribution in [2.75, 3.05) is 11.1 Å². The van der Waals surface area contributed by atoms with E-state index in [1.807, 2.05) is 30.3 Å². The van der Waals surface area contributed by atoms with Gasteiger partial charge in [0.15, 0.2) is 6.04 Å². The first-order valence-corrected chi connectivity index (χ1v) is 12.6. The van der Waals surface area contributed by atoms with Crippen molar-refractivity contribution in [3.63, 3.8) is 0 Å². The number of aromatic hydroxyl groups is 1. The lowest BCUT2D eigenvalue weighted by Gasteiger charge is -2.30. The lowest BCUT2D eigenvalue weighted by atomic mass is 9.99. The predicted octanol–water partition coefficient (Wildman–Crippen LogP) is 4.78. The summed E-state index contributed by atoms with van der Waals surface area (Å²) in [5.74, 6) is -1.72. The number of amides is 3. The Labute approximate surface area is 227 Å². The summed E-state index contributed by atoms with van der Waals surface area (Å²) < 4.78 is 5.25. The van der Waals surface area contributed by atoms with E-state index in [9.17, 15) is 19.5 Å². The second-order valence-electron chi connectivity index (χ2n) is 9.69. The number of phenolic OH excluding ortho intramolecular Hbond substituents is 1. The monoisotopic (exact) mass is 533 g/mol. The molecule has 0 saturated carbocycles. The maximum absolute atomic E-state index is 13.7. The number of thiol groups is 1. The Kier molecular flexibility index (Phi) is 8.92. The van der Waals surface area contributed by atoms with Crippen LogP contribution in [0.2, 0.25) is 0 Å². The molecule has 3 N–H and O–H groups in total. The summed E-state index contributed by atoms with van der Waals surface area (Å²) in [7, 11) is 0. The van der Waals surface area contributed by atoms with Gasteiger partial charge in [-0.2, -0.15) is 12.6 Å². The second-order valence-corrected chi connectivity index (χ2v) is 10.1. The number of hydrogen-bond acceptors (Lipinski definition) is 6. The van der Waals surface area contributed by atoms with E-state index in [1.54, 1.807) is 52.0 Å². The van der Waals surface area contributed by atoms with Gasteiger partial charge in [0.25, 0.3) is 11.8 Å². The molecule has 0 fully saturated rings. The van der Waals surface area contributed by atoms with E-state index in [0.29, 0.717) is 11.3 Å². The molecule has 0 heterocycles. The summed E-state index contributed by atoms with van der Waals surface area (Å²) in [6, 6.07) is 17.5. The van der Waals surface area contributed by atoms with Crippen molar-refractivity contribution in [2.45, 2.75) is 45.4 Å². The number of hydrogen-bond donors (Lipinski definition) is 4. The number of ether oxygens (including phenoxy) is 1. The number of para-hydroxylation sites is 1. The van der Waals surface area contributed by atoms with Crippen LogP contribution >= 0.6 is 12.6 Å². The Morgan fingerprint density at radius 1 is 1.08 bits per heavy atom. The van der Waals surface area contributed by atoms with Gasteiger partial charge in [-0.3, -0.25) is 14.5 Å². The minimum absolute atomic E-state index is 0.116. The number of carbonyl (C=O) groups excluding carboxylic acids is 3. The molecule has 0 aromatic heterocycles. The zero-order chi connectivity index (χ0) is 28.0. The molecule has 0 bridgehead atoms. The van der Waals surface area contributed by atoms with Gasteiger partial charge in [-0.15, -0.1) is 0 Å². The lowest BCUT2D eigenvalue weighted by Crippen LogP contribution is -2.51. The van der Waals surface area contributed by atoms with Crippen molar-refractivity contribution in [1.82, 2.24) is 10.2 Å². The topological polar surface area (TPSA) is 108 Å². The van der Waals surface area contributed by atoms with Crippen molar-refractivity contribution in [3.05, 3.63) is 71.8 Å². The number of alkyl carbamates (subject to hydrolysis) is 1. The molecule has 3 amide bonds. The zero-order valence-corrected chi connectivity index (χ0v) is 22.6. The van der Waals surface area contributed by atoms with Gasteiger partial charge in [0.1, 0.15) is 17.4 Å². The molecule has 8 nitrogen and oxygen atoms in total. The fraction of sp³-hybridized carbons (Fsp3) is 0.276. The van der Waals surface area contributed by atoms with Crippen LogP contribution < -0.4 is 10.6 Å². The van der Waals surface area contributed by atoms with Crippen LogP contribution in [0.15, 0.2) is 60.7 Å². The molecule has 0 spiro atoms. The number of phenols is 1. The molecule has 0 radical (unpaired) electrons. The van der Waals surface area contributed by atoms with E-state index in [1.165, 1.54) is 6.07 Å². The van der Waals surface area contributed by atoms with Gasteiger partial charge in [0.05, 0.1) is 0 Å². The van der Waals surface area contributed by atoms with Crippen molar-refractivity contribution < 1.29 is 24.2 Å². The SMILES string of the molecule is C#CN(C(=O)C(CS)NC(=O)OC(C)(C)C)C(C(=O)Nc1ccc2ccccc2c1)c1cccc(C)c1O. The van der Waals surface area contributed by atoms with Gasteiger partial charge in [-0.25, -0.2) is 4.79 Å². The van der Waals surface area contributed by atoms with Gasteiger partial charge in [0, 0.05) is 23.0 Å². The number of aryl methyl sites for hydroxylation is 1. The number of rotatable bonds is 7. The van der Waals surface area contributed by atoms with Gasteiger partial charge in [-0.05, 0) is 56.2 Å². The van der Waals surface area contributed by atoms with Crippen LogP contribution in [0.4, 0.5) is 10.5 Å². The third-order valence-corrected chi connectivity index (χ3v) is 6.00. The van der Waals surface area contributed by atoms with E-state index in [2.05, 4.69) is 29.3 Å². The highest BCUT2D eigenvalue weighted by Crippen LogP contribution is 2.33. The minimum Gasteiger partial charge on any atom is -0.507 e. The Balaban J connectivity index is 1.98. The number of anilines is 1. The fourth-order valence-corrected chi connectivity index (χ4v) is 4.09.